The van der Waals surface area contributed by atoms with Crippen LogP contribution in [0.3, 0.4) is 0 Å². The van der Waals surface area contributed by atoms with Crippen LogP contribution in [0, 0.1) is 0 Å². The van der Waals surface area contributed by atoms with Gasteiger partial charge in [-0.1, -0.05) is 6.07 Å². The van der Waals surface area contributed by atoms with E-state index in [0.29, 0.717) is 17.2 Å². The molecule has 1 aromatic heterocycles. The number of ether oxygens (including phenoxy) is 3. The van der Waals surface area contributed by atoms with Crippen molar-refractivity contribution in [3.8, 4) is 17.2 Å². The molecule has 0 radical (unpaired) electrons. The minimum absolute atomic E-state index is 0.592. The van der Waals surface area contributed by atoms with Gasteiger partial charge < -0.3 is 19.3 Å². The van der Waals surface area contributed by atoms with E-state index in [9.17, 15) is 5.11 Å². The predicted molar refractivity (Wildman–Crippen MR) is 74.5 cm³/mol. The van der Waals surface area contributed by atoms with Crippen molar-refractivity contribution in [3.05, 3.63) is 40.1 Å². The smallest absolute Gasteiger partial charge is 0.161 e. The summed E-state index contributed by atoms with van der Waals surface area (Å²) in [6.45, 7) is 0. The van der Waals surface area contributed by atoms with E-state index in [-0.39, 0.29) is 0 Å². The lowest BCUT2D eigenvalue weighted by Gasteiger charge is -2.14. The van der Waals surface area contributed by atoms with Gasteiger partial charge in [0, 0.05) is 0 Å². The van der Waals surface area contributed by atoms with Gasteiger partial charge in [0.1, 0.15) is 11.9 Å². The van der Waals surface area contributed by atoms with Gasteiger partial charge in [-0.3, -0.25) is 0 Å². The van der Waals surface area contributed by atoms with Crippen LogP contribution < -0.4 is 14.2 Å². The molecule has 0 fully saturated rings. The summed E-state index contributed by atoms with van der Waals surface area (Å²) in [4.78, 5) is 0.773. The molecule has 2 rings (SSSR count). The standard InChI is InChI=1S/C14H16O4S/c1-16-10-5-4-9(8-12(10)18-3)13(15)14-11(17-2)6-7-19-14/h4-8,13,15H,1-3H3. The molecule has 102 valence electrons. The first-order valence-corrected chi connectivity index (χ1v) is 6.60. The lowest BCUT2D eigenvalue weighted by molar-refractivity contribution is 0.218. The lowest BCUT2D eigenvalue weighted by atomic mass is 10.1. The van der Waals surface area contributed by atoms with Gasteiger partial charge >= 0.3 is 0 Å². The molecule has 0 amide bonds. The van der Waals surface area contributed by atoms with Gasteiger partial charge in [0.2, 0.25) is 0 Å². The third-order valence-corrected chi connectivity index (χ3v) is 3.80. The van der Waals surface area contributed by atoms with Crippen molar-refractivity contribution >= 4 is 11.3 Å². The Kier molecular flexibility index (Phi) is 4.29. The van der Waals surface area contributed by atoms with Gasteiger partial charge in [-0.05, 0) is 29.1 Å². The highest BCUT2D eigenvalue weighted by Crippen LogP contribution is 2.37. The molecule has 1 N–H and O–H groups in total. The molecule has 0 bridgehead atoms. The SMILES string of the molecule is COc1ccc(C(O)c2sccc2OC)cc1OC. The van der Waals surface area contributed by atoms with Crippen molar-refractivity contribution in [1.29, 1.82) is 0 Å². The van der Waals surface area contributed by atoms with Crippen LogP contribution in [0.15, 0.2) is 29.6 Å². The molecule has 0 aliphatic rings. The molecule has 1 atom stereocenters. The Morgan fingerprint density at radius 3 is 2.26 bits per heavy atom. The average molecular weight is 280 g/mol. The largest absolute Gasteiger partial charge is 0.495 e. The van der Waals surface area contributed by atoms with Crippen molar-refractivity contribution in [1.82, 2.24) is 0 Å². The number of hydrogen-bond acceptors (Lipinski definition) is 5. The van der Waals surface area contributed by atoms with Gasteiger partial charge in [0.25, 0.3) is 0 Å². The first-order chi connectivity index (χ1) is 9.21. The van der Waals surface area contributed by atoms with Crippen LogP contribution in [0.1, 0.15) is 16.5 Å². The highest BCUT2D eigenvalue weighted by Gasteiger charge is 2.18. The van der Waals surface area contributed by atoms with Crippen LogP contribution in [0.2, 0.25) is 0 Å². The normalized spacial score (nSPS) is 12.0. The summed E-state index contributed by atoms with van der Waals surface area (Å²) in [6.07, 6.45) is -0.741. The van der Waals surface area contributed by atoms with E-state index in [1.807, 2.05) is 17.5 Å². The minimum Gasteiger partial charge on any atom is -0.495 e. The summed E-state index contributed by atoms with van der Waals surface area (Å²) >= 11 is 1.45. The number of rotatable bonds is 5. The summed E-state index contributed by atoms with van der Waals surface area (Å²) in [6, 6.07) is 7.19. The van der Waals surface area contributed by atoms with Crippen molar-refractivity contribution < 1.29 is 19.3 Å². The molecule has 1 heterocycles. The minimum atomic E-state index is -0.741. The van der Waals surface area contributed by atoms with Gasteiger partial charge in [-0.25, -0.2) is 0 Å². The maximum Gasteiger partial charge on any atom is 0.161 e. The first-order valence-electron chi connectivity index (χ1n) is 5.72. The number of aliphatic hydroxyl groups excluding tert-OH is 1. The fourth-order valence-corrected chi connectivity index (χ4v) is 2.72. The summed E-state index contributed by atoms with van der Waals surface area (Å²) in [5.74, 6) is 1.92. The zero-order valence-corrected chi connectivity index (χ0v) is 11.9. The van der Waals surface area contributed by atoms with E-state index in [1.54, 1.807) is 33.5 Å². The van der Waals surface area contributed by atoms with Crippen LogP contribution in [-0.4, -0.2) is 26.4 Å². The van der Waals surface area contributed by atoms with Gasteiger partial charge in [0.15, 0.2) is 11.5 Å². The van der Waals surface area contributed by atoms with Crippen LogP contribution in [-0.2, 0) is 0 Å². The van der Waals surface area contributed by atoms with E-state index < -0.39 is 6.10 Å². The monoisotopic (exact) mass is 280 g/mol. The van der Waals surface area contributed by atoms with Crippen LogP contribution in [0.25, 0.3) is 0 Å². The van der Waals surface area contributed by atoms with E-state index in [0.717, 1.165) is 10.4 Å². The number of aliphatic hydroxyl groups is 1. The van der Waals surface area contributed by atoms with Crippen LogP contribution in [0.5, 0.6) is 17.2 Å². The molecule has 0 aliphatic carbocycles. The molecule has 19 heavy (non-hydrogen) atoms. The van der Waals surface area contributed by atoms with Crippen molar-refractivity contribution in [2.75, 3.05) is 21.3 Å². The Labute approximate surface area is 116 Å². The number of methoxy groups -OCH3 is 3. The topological polar surface area (TPSA) is 47.9 Å². The molecule has 0 spiro atoms. The molecular weight excluding hydrogens is 264 g/mol. The highest BCUT2D eigenvalue weighted by molar-refractivity contribution is 7.10. The third kappa shape index (κ3) is 2.67. The van der Waals surface area contributed by atoms with Crippen LogP contribution >= 0.6 is 11.3 Å². The van der Waals surface area contributed by atoms with E-state index >= 15 is 0 Å². The summed E-state index contributed by atoms with van der Waals surface area (Å²) in [5, 5.41) is 12.3. The van der Waals surface area contributed by atoms with Gasteiger partial charge in [0.05, 0.1) is 26.2 Å². The second kappa shape index (κ2) is 5.95. The van der Waals surface area contributed by atoms with E-state index in [2.05, 4.69) is 0 Å². The summed E-state index contributed by atoms with van der Waals surface area (Å²) < 4.78 is 15.6. The molecular formula is C14H16O4S. The number of hydrogen-bond donors (Lipinski definition) is 1. The predicted octanol–water partition coefficient (Wildman–Crippen LogP) is 2.86. The average Bonchev–Trinajstić information content (AvgIpc) is 2.94. The quantitative estimate of drug-likeness (QED) is 0.915. The fraction of sp³-hybridized carbons (Fsp3) is 0.286. The zero-order chi connectivity index (χ0) is 13.8. The number of benzene rings is 1. The summed E-state index contributed by atoms with van der Waals surface area (Å²) in [7, 11) is 4.74. The van der Waals surface area contributed by atoms with Crippen LogP contribution in [0.4, 0.5) is 0 Å². The molecule has 4 nitrogen and oxygen atoms in total. The fourth-order valence-electron chi connectivity index (χ4n) is 1.85. The Morgan fingerprint density at radius 2 is 1.63 bits per heavy atom. The molecule has 1 unspecified atom stereocenters. The molecule has 0 aliphatic heterocycles. The maximum atomic E-state index is 10.4. The summed E-state index contributed by atoms with van der Waals surface area (Å²) in [5.41, 5.74) is 0.735. The Hall–Kier alpha value is -1.72. The van der Waals surface area contributed by atoms with Crippen molar-refractivity contribution in [2.24, 2.45) is 0 Å². The molecule has 5 heteroatoms. The molecule has 2 aromatic rings. The second-order valence-electron chi connectivity index (χ2n) is 3.87. The maximum absolute atomic E-state index is 10.4. The highest BCUT2D eigenvalue weighted by atomic mass is 32.1. The lowest BCUT2D eigenvalue weighted by Crippen LogP contribution is -2.00. The Morgan fingerprint density at radius 1 is 0.947 bits per heavy atom. The number of thiophene rings is 1. The van der Waals surface area contributed by atoms with E-state index in [4.69, 9.17) is 14.2 Å². The Bertz CT molecular complexity index is 550. The Balaban J connectivity index is 2.36. The molecule has 0 saturated carbocycles. The van der Waals surface area contributed by atoms with Gasteiger partial charge in [-0.15, -0.1) is 11.3 Å². The molecule has 1 aromatic carbocycles. The third-order valence-electron chi connectivity index (χ3n) is 2.85. The first kappa shape index (κ1) is 13.7. The van der Waals surface area contributed by atoms with E-state index in [1.165, 1.54) is 11.3 Å². The van der Waals surface area contributed by atoms with Crippen molar-refractivity contribution in [2.45, 2.75) is 6.10 Å². The second-order valence-corrected chi connectivity index (χ2v) is 4.82. The van der Waals surface area contributed by atoms with Crippen molar-refractivity contribution in [3.63, 3.8) is 0 Å². The molecule has 0 saturated heterocycles. The zero-order valence-electron chi connectivity index (χ0n) is 11.0. The van der Waals surface area contributed by atoms with Gasteiger partial charge in [-0.2, -0.15) is 0 Å².